The van der Waals surface area contributed by atoms with Crippen LogP contribution in [-0.4, -0.2) is 94.5 Å². The van der Waals surface area contributed by atoms with E-state index in [0.29, 0.717) is 67.8 Å². The molecule has 1 saturated carbocycles. The van der Waals surface area contributed by atoms with E-state index in [-0.39, 0.29) is 42.1 Å². The number of carbonyl (C=O) groups excluding carboxylic acids is 5. The second-order valence-electron chi connectivity index (χ2n) is 13.2. The van der Waals surface area contributed by atoms with E-state index in [4.69, 9.17) is 4.74 Å². The molecule has 14 heteroatoms. The minimum atomic E-state index is -2.71. The monoisotopic (exact) mass is 705 g/mol. The number of carbonyl (C=O) groups is 5. The molecule has 5 amide bonds. The van der Waals surface area contributed by atoms with Gasteiger partial charge in [-0.25, -0.2) is 8.78 Å². The molecule has 1 unspecified atom stereocenters. The van der Waals surface area contributed by atoms with Gasteiger partial charge < -0.3 is 19.9 Å². The fraction of sp³-hybridized carbons (Fsp3) is 0.444. The predicted octanol–water partition coefficient (Wildman–Crippen LogP) is 4.35. The van der Waals surface area contributed by atoms with Gasteiger partial charge in [-0.3, -0.25) is 33.9 Å². The molecule has 50 heavy (non-hydrogen) atoms. The van der Waals surface area contributed by atoms with E-state index in [1.54, 1.807) is 51.8 Å². The van der Waals surface area contributed by atoms with Crippen LogP contribution < -0.4 is 10.1 Å². The highest BCUT2D eigenvalue weighted by Crippen LogP contribution is 2.42. The first-order chi connectivity index (χ1) is 24.2. The van der Waals surface area contributed by atoms with Crippen LogP contribution in [-0.2, 0) is 16.0 Å². The third-order valence-electron chi connectivity index (χ3n) is 10.2. The predicted molar refractivity (Wildman–Crippen MR) is 178 cm³/mol. The van der Waals surface area contributed by atoms with Gasteiger partial charge in [-0.05, 0) is 43.0 Å². The minimum Gasteiger partial charge on any atom is -0.488 e. The SMILES string of the molecule is O=C(NCC(F)F)[C@H]1CCCC[C@H]1C(=O)N1CCc2cccc(OC3CCN(C(=O)c4cncs4)C3)c2[C@H]1CN1C(=O)c2ccccc2C1=O. The van der Waals surface area contributed by atoms with Crippen LogP contribution in [0.25, 0.3) is 0 Å². The van der Waals surface area contributed by atoms with Gasteiger partial charge in [0, 0.05) is 36.9 Å². The Morgan fingerprint density at radius 2 is 1.70 bits per heavy atom. The van der Waals surface area contributed by atoms with Crippen molar-refractivity contribution in [1.29, 1.82) is 0 Å². The number of imide groups is 1. The number of rotatable bonds is 9. The molecule has 0 radical (unpaired) electrons. The number of aromatic nitrogens is 1. The van der Waals surface area contributed by atoms with Gasteiger partial charge in [-0.15, -0.1) is 11.3 Å². The highest BCUT2D eigenvalue weighted by Gasteiger charge is 2.45. The third-order valence-corrected chi connectivity index (χ3v) is 11.0. The summed E-state index contributed by atoms with van der Waals surface area (Å²) in [5, 5.41) is 2.31. The van der Waals surface area contributed by atoms with Crippen LogP contribution in [0.3, 0.4) is 0 Å². The van der Waals surface area contributed by atoms with Crippen molar-refractivity contribution in [2.24, 2.45) is 11.8 Å². The Balaban J connectivity index is 1.20. The number of hydrogen-bond acceptors (Lipinski definition) is 8. The molecule has 1 aliphatic carbocycles. The average Bonchev–Trinajstić information content (AvgIpc) is 3.89. The van der Waals surface area contributed by atoms with Gasteiger partial charge >= 0.3 is 0 Å². The van der Waals surface area contributed by atoms with Gasteiger partial charge in [0.15, 0.2) is 0 Å². The number of halogens is 2. The zero-order valence-corrected chi connectivity index (χ0v) is 28.1. The summed E-state index contributed by atoms with van der Waals surface area (Å²) in [7, 11) is 0. The average molecular weight is 706 g/mol. The summed E-state index contributed by atoms with van der Waals surface area (Å²) in [6.07, 6.45) is 1.74. The number of likely N-dealkylation sites (tertiary alicyclic amines) is 1. The van der Waals surface area contributed by atoms with Crippen LogP contribution in [0.5, 0.6) is 5.75 Å². The third kappa shape index (κ3) is 6.48. The van der Waals surface area contributed by atoms with Crippen LogP contribution in [0.4, 0.5) is 8.78 Å². The van der Waals surface area contributed by atoms with E-state index in [0.717, 1.165) is 5.56 Å². The maximum absolute atomic E-state index is 14.6. The summed E-state index contributed by atoms with van der Waals surface area (Å²) in [5.74, 6) is -2.95. The number of nitrogens with zero attached hydrogens (tertiary/aromatic N) is 4. The highest BCUT2D eigenvalue weighted by atomic mass is 32.1. The van der Waals surface area contributed by atoms with Crippen molar-refractivity contribution in [1.82, 2.24) is 25.0 Å². The van der Waals surface area contributed by atoms with Gasteiger partial charge in [0.2, 0.25) is 11.8 Å². The maximum Gasteiger partial charge on any atom is 0.265 e. The Morgan fingerprint density at radius 1 is 0.960 bits per heavy atom. The Kier molecular flexibility index (Phi) is 9.63. The van der Waals surface area contributed by atoms with Crippen molar-refractivity contribution in [3.8, 4) is 5.75 Å². The van der Waals surface area contributed by atoms with Crippen LogP contribution in [0.2, 0.25) is 0 Å². The lowest BCUT2D eigenvalue weighted by atomic mass is 9.77. The quantitative estimate of drug-likeness (QED) is 0.328. The first-order valence-electron chi connectivity index (χ1n) is 17.0. The van der Waals surface area contributed by atoms with Gasteiger partial charge in [-0.2, -0.15) is 0 Å². The molecule has 2 aromatic carbocycles. The first-order valence-corrected chi connectivity index (χ1v) is 17.9. The molecule has 1 N–H and O–H groups in total. The zero-order valence-electron chi connectivity index (χ0n) is 27.3. The molecule has 4 atom stereocenters. The molecule has 11 nitrogen and oxygen atoms in total. The number of fused-ring (bicyclic) bond motifs is 2. The van der Waals surface area contributed by atoms with E-state index >= 15 is 0 Å². The lowest BCUT2D eigenvalue weighted by Gasteiger charge is -2.43. The Labute approximate surface area is 291 Å². The van der Waals surface area contributed by atoms with Crippen LogP contribution in [0.15, 0.2) is 54.2 Å². The molecule has 7 rings (SSSR count). The fourth-order valence-electron chi connectivity index (χ4n) is 7.80. The van der Waals surface area contributed by atoms with Gasteiger partial charge in [0.05, 0.1) is 48.5 Å². The number of nitrogens with one attached hydrogen (secondary N) is 1. The largest absolute Gasteiger partial charge is 0.488 e. The highest BCUT2D eigenvalue weighted by molar-refractivity contribution is 7.11. The summed E-state index contributed by atoms with van der Waals surface area (Å²) >= 11 is 1.27. The minimum absolute atomic E-state index is 0.117. The number of ether oxygens (including phenoxy) is 1. The molecule has 1 aromatic heterocycles. The van der Waals surface area contributed by atoms with Crippen LogP contribution in [0.1, 0.15) is 79.7 Å². The lowest BCUT2D eigenvalue weighted by molar-refractivity contribution is -0.146. The number of hydrogen-bond donors (Lipinski definition) is 1. The summed E-state index contributed by atoms with van der Waals surface area (Å²) in [4.78, 5) is 77.0. The van der Waals surface area contributed by atoms with Gasteiger partial charge in [0.25, 0.3) is 24.1 Å². The molecule has 1 saturated heterocycles. The summed E-state index contributed by atoms with van der Waals surface area (Å²) in [6.45, 7) is 0.192. The molecular weight excluding hydrogens is 668 g/mol. The van der Waals surface area contributed by atoms with Crippen LogP contribution in [0, 0.1) is 11.8 Å². The number of amides is 5. The maximum atomic E-state index is 14.6. The molecule has 262 valence electrons. The van der Waals surface area contributed by atoms with E-state index in [9.17, 15) is 32.8 Å². The Morgan fingerprint density at radius 3 is 2.40 bits per heavy atom. The van der Waals surface area contributed by atoms with E-state index in [1.807, 2.05) is 12.1 Å². The Hall–Kier alpha value is -4.72. The van der Waals surface area contributed by atoms with E-state index < -0.39 is 48.6 Å². The fourth-order valence-corrected chi connectivity index (χ4v) is 8.39. The van der Waals surface area contributed by atoms with E-state index in [1.165, 1.54) is 16.2 Å². The molecule has 4 aliphatic rings. The zero-order chi connectivity index (χ0) is 34.9. The topological polar surface area (TPSA) is 129 Å². The number of thiazole rings is 1. The lowest BCUT2D eigenvalue weighted by Crippen LogP contribution is -2.51. The van der Waals surface area contributed by atoms with Crippen molar-refractivity contribution >= 4 is 40.9 Å². The molecule has 3 aliphatic heterocycles. The molecule has 3 aromatic rings. The standard InChI is InChI=1S/C36H37F2N5O6S/c37-30(38)17-40-32(44)23-7-1-2-8-24(23)33(45)42-15-12-21-6-5-11-28(49-22-13-14-41(18-22)36(48)29-16-39-20-50-29)31(21)27(42)19-43-34(46)25-9-3-4-10-26(25)35(43)47/h3-6,9-11,16,20,22-24,27,30H,1-2,7-8,12-15,17-19H2,(H,40,44)/t22?,23-,24+,27+/m0/s1. The molecule has 0 spiro atoms. The van der Waals surface area contributed by atoms with Crippen LogP contribution >= 0.6 is 11.3 Å². The second kappa shape index (κ2) is 14.3. The van der Waals surface area contributed by atoms with Gasteiger partial charge in [0.1, 0.15) is 16.7 Å². The summed E-state index contributed by atoms with van der Waals surface area (Å²) in [5.41, 5.74) is 3.76. The molecule has 4 heterocycles. The van der Waals surface area contributed by atoms with Crippen molar-refractivity contribution in [3.63, 3.8) is 0 Å². The first kappa shape index (κ1) is 33.8. The van der Waals surface area contributed by atoms with Crippen molar-refractivity contribution in [2.75, 3.05) is 32.7 Å². The summed E-state index contributed by atoms with van der Waals surface area (Å²) < 4.78 is 32.6. The molecule has 0 bridgehead atoms. The number of alkyl halides is 2. The second-order valence-corrected chi connectivity index (χ2v) is 14.1. The van der Waals surface area contributed by atoms with Crippen molar-refractivity contribution < 1.29 is 37.5 Å². The van der Waals surface area contributed by atoms with E-state index in [2.05, 4.69) is 10.3 Å². The molecular formula is C36H37F2N5O6S. The summed E-state index contributed by atoms with van der Waals surface area (Å²) in [6, 6.07) is 11.4. The number of benzene rings is 2. The smallest absolute Gasteiger partial charge is 0.265 e. The van der Waals surface area contributed by atoms with Crippen molar-refractivity contribution in [2.45, 2.75) is 57.1 Å². The molecule has 2 fully saturated rings. The van der Waals surface area contributed by atoms with Gasteiger partial charge in [-0.1, -0.05) is 37.1 Å². The normalized spacial score (nSPS) is 23.2. The van der Waals surface area contributed by atoms with Crippen molar-refractivity contribution in [3.05, 3.63) is 81.3 Å². The Bertz CT molecular complexity index is 1770.